The lowest BCUT2D eigenvalue weighted by molar-refractivity contribution is -0.167. The number of allylic oxidation sites excluding steroid dienone is 22. The lowest BCUT2D eigenvalue weighted by Crippen LogP contribution is -2.30. The molecule has 0 aliphatic carbocycles. The Balaban J connectivity index is 4.15. The predicted octanol–water partition coefficient (Wildman–Crippen LogP) is 17.9. The molecular weight excluding hydrogens is 829 g/mol. The van der Waals surface area contributed by atoms with Crippen LogP contribution in [0, 0.1) is 0 Å². The summed E-state index contributed by atoms with van der Waals surface area (Å²) >= 11 is 0. The number of hydrogen-bond donors (Lipinski definition) is 0. The molecule has 0 aromatic carbocycles. The quantitative estimate of drug-likeness (QED) is 0.0262. The standard InChI is InChI=1S/C61H96O6/c1-4-7-10-13-15-17-19-21-22-23-24-25-26-27-28-29-30-31-32-33-34-35-36-37-38-40-41-43-45-48-51-54-60(63)66-57-58(56-65-59(62)53-50-47-12-9-6-3)67-61(64)55-52-49-46-44-42-39-20-18-16-14-11-8-5-2/h7-8,10-11,15-18,21-22,24-25,27-28,30-31,33-34,36-37,39,42,58H,4-6,9,12-14,19-20,23,26,29,32,35,38,40-41,43-57H2,1-3H3/b10-7-,11-8-,17-15-,18-16-,22-21-,25-24-,28-27-,31-30-,34-33-,37-36-,42-39-. The molecule has 376 valence electrons. The van der Waals surface area contributed by atoms with Crippen molar-refractivity contribution in [3.8, 4) is 0 Å². The van der Waals surface area contributed by atoms with Crippen molar-refractivity contribution in [2.75, 3.05) is 13.2 Å². The second kappa shape index (κ2) is 54.2. The van der Waals surface area contributed by atoms with Crippen LogP contribution in [0.2, 0.25) is 0 Å². The molecule has 6 nitrogen and oxygen atoms in total. The van der Waals surface area contributed by atoms with Gasteiger partial charge in [-0.3, -0.25) is 14.4 Å². The summed E-state index contributed by atoms with van der Waals surface area (Å²) in [4.78, 5) is 37.6. The maximum Gasteiger partial charge on any atom is 0.306 e. The van der Waals surface area contributed by atoms with Crippen LogP contribution in [0.15, 0.2) is 134 Å². The summed E-state index contributed by atoms with van der Waals surface area (Å²) < 4.78 is 16.6. The van der Waals surface area contributed by atoms with Crippen LogP contribution in [0.1, 0.15) is 213 Å². The molecule has 0 bridgehead atoms. The Labute approximate surface area is 411 Å². The maximum absolute atomic E-state index is 12.7. The average molecular weight is 925 g/mol. The first kappa shape index (κ1) is 62.5. The second-order valence-corrected chi connectivity index (χ2v) is 17.0. The zero-order valence-corrected chi connectivity index (χ0v) is 42.9. The van der Waals surface area contributed by atoms with Crippen molar-refractivity contribution in [1.82, 2.24) is 0 Å². The molecule has 1 atom stereocenters. The van der Waals surface area contributed by atoms with Gasteiger partial charge in [0.1, 0.15) is 13.2 Å². The first-order chi connectivity index (χ1) is 33.0. The molecule has 6 heteroatoms. The van der Waals surface area contributed by atoms with E-state index in [1.807, 2.05) is 0 Å². The van der Waals surface area contributed by atoms with E-state index in [0.717, 1.165) is 161 Å². The van der Waals surface area contributed by atoms with Crippen LogP contribution in [0.25, 0.3) is 0 Å². The van der Waals surface area contributed by atoms with Crippen LogP contribution in [0.3, 0.4) is 0 Å². The fourth-order valence-electron chi connectivity index (χ4n) is 6.71. The summed E-state index contributed by atoms with van der Waals surface area (Å²) in [5.41, 5.74) is 0. The van der Waals surface area contributed by atoms with Crippen molar-refractivity contribution >= 4 is 17.9 Å². The number of rotatable bonds is 46. The smallest absolute Gasteiger partial charge is 0.306 e. The molecular formula is C61H96O6. The number of hydrogen-bond acceptors (Lipinski definition) is 6. The van der Waals surface area contributed by atoms with Crippen LogP contribution in [-0.2, 0) is 28.6 Å². The zero-order chi connectivity index (χ0) is 48.6. The van der Waals surface area contributed by atoms with E-state index in [2.05, 4.69) is 154 Å². The van der Waals surface area contributed by atoms with E-state index in [1.54, 1.807) is 0 Å². The van der Waals surface area contributed by atoms with E-state index < -0.39 is 6.10 Å². The summed E-state index contributed by atoms with van der Waals surface area (Å²) in [7, 11) is 0. The van der Waals surface area contributed by atoms with Crippen molar-refractivity contribution in [1.29, 1.82) is 0 Å². The first-order valence-corrected chi connectivity index (χ1v) is 26.7. The molecule has 0 saturated heterocycles. The fraction of sp³-hybridized carbons (Fsp3) is 0.590. The molecule has 0 heterocycles. The Hall–Kier alpha value is -4.45. The molecule has 0 aromatic rings. The normalized spacial score (nSPS) is 13.2. The number of esters is 3. The number of carbonyl (C=O) groups is 3. The number of unbranched alkanes of at least 4 members (excludes halogenated alkanes) is 13. The highest BCUT2D eigenvalue weighted by atomic mass is 16.6. The second-order valence-electron chi connectivity index (χ2n) is 17.0. The van der Waals surface area contributed by atoms with Gasteiger partial charge in [0, 0.05) is 19.3 Å². The lowest BCUT2D eigenvalue weighted by Gasteiger charge is -2.18. The Morgan fingerprint density at radius 1 is 0.313 bits per heavy atom. The molecule has 1 unspecified atom stereocenters. The molecule has 0 amide bonds. The van der Waals surface area contributed by atoms with E-state index in [9.17, 15) is 14.4 Å². The Bertz CT molecular complexity index is 1480. The lowest BCUT2D eigenvalue weighted by atomic mass is 10.1. The van der Waals surface area contributed by atoms with Gasteiger partial charge in [0.2, 0.25) is 0 Å². The summed E-state index contributed by atoms with van der Waals surface area (Å²) in [5, 5.41) is 0. The van der Waals surface area contributed by atoms with Gasteiger partial charge in [-0.2, -0.15) is 0 Å². The van der Waals surface area contributed by atoms with E-state index in [4.69, 9.17) is 14.2 Å². The molecule has 0 aliphatic rings. The van der Waals surface area contributed by atoms with Gasteiger partial charge >= 0.3 is 17.9 Å². The zero-order valence-electron chi connectivity index (χ0n) is 42.9. The first-order valence-electron chi connectivity index (χ1n) is 26.7. The Morgan fingerprint density at radius 2 is 0.582 bits per heavy atom. The van der Waals surface area contributed by atoms with Crippen molar-refractivity contribution in [2.24, 2.45) is 0 Å². The molecule has 0 rings (SSSR count). The SMILES string of the molecule is CC/C=C\C/C=C\C/C=C\C/C=C\C/C=C\C/C=C\C/C=C\C/C=C\CCCCCCCCC(=O)OCC(COC(=O)CCCCCCC)OC(=O)CCCCC/C=C\C/C=C\C/C=C\CC. The number of ether oxygens (including phenoxy) is 3. The molecule has 0 spiro atoms. The minimum Gasteiger partial charge on any atom is -0.462 e. The van der Waals surface area contributed by atoms with Gasteiger partial charge in [0.25, 0.3) is 0 Å². The highest BCUT2D eigenvalue weighted by molar-refractivity contribution is 5.71. The van der Waals surface area contributed by atoms with E-state index in [-0.39, 0.29) is 37.5 Å². The minimum atomic E-state index is -0.799. The largest absolute Gasteiger partial charge is 0.462 e. The third kappa shape index (κ3) is 52.4. The van der Waals surface area contributed by atoms with Gasteiger partial charge in [-0.25, -0.2) is 0 Å². The van der Waals surface area contributed by atoms with Gasteiger partial charge < -0.3 is 14.2 Å². The maximum atomic E-state index is 12.7. The monoisotopic (exact) mass is 925 g/mol. The summed E-state index contributed by atoms with van der Waals surface area (Å²) in [6.07, 6.45) is 76.3. The van der Waals surface area contributed by atoms with Crippen LogP contribution in [0.5, 0.6) is 0 Å². The van der Waals surface area contributed by atoms with Gasteiger partial charge in [-0.05, 0) is 116 Å². The highest BCUT2D eigenvalue weighted by Crippen LogP contribution is 2.12. The molecule has 0 fully saturated rings. The number of carbonyl (C=O) groups excluding carboxylic acids is 3. The van der Waals surface area contributed by atoms with E-state index >= 15 is 0 Å². The van der Waals surface area contributed by atoms with E-state index in [1.165, 1.54) is 12.8 Å². The average Bonchev–Trinajstić information content (AvgIpc) is 3.33. The van der Waals surface area contributed by atoms with Crippen LogP contribution in [0.4, 0.5) is 0 Å². The summed E-state index contributed by atoms with van der Waals surface area (Å²) in [6.45, 7) is 6.26. The molecule has 0 aromatic heterocycles. The van der Waals surface area contributed by atoms with Crippen LogP contribution >= 0.6 is 0 Å². The van der Waals surface area contributed by atoms with Crippen molar-refractivity contribution in [3.05, 3.63) is 134 Å². The van der Waals surface area contributed by atoms with Gasteiger partial charge in [0.05, 0.1) is 0 Å². The fourth-order valence-corrected chi connectivity index (χ4v) is 6.71. The summed E-state index contributed by atoms with van der Waals surface area (Å²) in [5.74, 6) is -0.969. The van der Waals surface area contributed by atoms with Crippen molar-refractivity contribution in [2.45, 2.75) is 219 Å². The molecule has 67 heavy (non-hydrogen) atoms. The van der Waals surface area contributed by atoms with Gasteiger partial charge in [-0.1, -0.05) is 212 Å². The Kier molecular flexibility index (Phi) is 50.6. The molecule has 0 saturated carbocycles. The predicted molar refractivity (Wildman–Crippen MR) is 288 cm³/mol. The third-order valence-corrected chi connectivity index (χ3v) is 10.7. The molecule has 0 radical (unpaired) electrons. The third-order valence-electron chi connectivity index (χ3n) is 10.7. The summed E-state index contributed by atoms with van der Waals surface area (Å²) in [6, 6.07) is 0. The van der Waals surface area contributed by atoms with Crippen LogP contribution in [-0.4, -0.2) is 37.2 Å². The minimum absolute atomic E-state index is 0.0993. The van der Waals surface area contributed by atoms with E-state index in [0.29, 0.717) is 12.8 Å². The van der Waals surface area contributed by atoms with Gasteiger partial charge in [0.15, 0.2) is 6.10 Å². The van der Waals surface area contributed by atoms with Gasteiger partial charge in [-0.15, -0.1) is 0 Å². The Morgan fingerprint density at radius 3 is 0.925 bits per heavy atom. The molecule has 0 aliphatic heterocycles. The highest BCUT2D eigenvalue weighted by Gasteiger charge is 2.19. The molecule has 0 N–H and O–H groups in total. The van der Waals surface area contributed by atoms with Crippen LogP contribution < -0.4 is 0 Å². The topological polar surface area (TPSA) is 78.9 Å². The van der Waals surface area contributed by atoms with Crippen molar-refractivity contribution < 1.29 is 28.6 Å². The van der Waals surface area contributed by atoms with Crippen molar-refractivity contribution in [3.63, 3.8) is 0 Å².